The number of hydrogen-bond acceptors (Lipinski definition) is 2. The number of benzene rings is 2. The molecule has 92 valence electrons. The van der Waals surface area contributed by atoms with Crippen LogP contribution < -0.4 is 10.1 Å². The van der Waals surface area contributed by atoms with Gasteiger partial charge in [0.25, 0.3) is 5.91 Å². The summed E-state index contributed by atoms with van der Waals surface area (Å²) in [6.45, 7) is 0. The summed E-state index contributed by atoms with van der Waals surface area (Å²) in [6.07, 6.45) is 0. The molecule has 0 fully saturated rings. The van der Waals surface area contributed by atoms with Gasteiger partial charge in [0.05, 0.1) is 0 Å². The van der Waals surface area contributed by atoms with E-state index < -0.39 is 0 Å². The number of nitrogens with one attached hydrogen (secondary N) is 1. The van der Waals surface area contributed by atoms with Crippen molar-refractivity contribution in [2.45, 2.75) is 0 Å². The van der Waals surface area contributed by atoms with E-state index in [1.807, 2.05) is 0 Å². The number of ether oxygens (including phenoxy) is 1. The Labute approximate surface area is 104 Å². The maximum Gasteiger partial charge on any atom is 0.251 e. The average molecular weight is 245 g/mol. The highest BCUT2D eigenvalue weighted by Gasteiger charge is 2.03. The van der Waals surface area contributed by atoms with Gasteiger partial charge in [0.1, 0.15) is 17.3 Å². The Morgan fingerprint density at radius 1 is 1.00 bits per heavy atom. The minimum atomic E-state index is -0.308. The predicted octanol–water partition coefficient (Wildman–Crippen LogP) is 2.98. The number of hydrogen-bond donors (Lipinski definition) is 1. The second-order valence-electron chi connectivity index (χ2n) is 3.66. The van der Waals surface area contributed by atoms with Crippen molar-refractivity contribution >= 4 is 5.91 Å². The molecule has 2 aromatic carbocycles. The van der Waals surface area contributed by atoms with Crippen LogP contribution in [0.4, 0.5) is 4.39 Å². The molecule has 1 N–H and O–H groups in total. The normalized spacial score (nSPS) is 9.89. The van der Waals surface area contributed by atoms with Gasteiger partial charge in [-0.3, -0.25) is 4.79 Å². The standard InChI is InChI=1S/C14H12FNO2/c1-16-14(17)10-2-6-12(7-3-10)18-13-8-4-11(15)5-9-13/h2-9H,1H3,(H,16,17). The fourth-order valence-electron chi connectivity index (χ4n) is 1.46. The van der Waals surface area contributed by atoms with Crippen molar-refractivity contribution in [3.8, 4) is 11.5 Å². The Balaban J connectivity index is 2.10. The molecule has 0 saturated heterocycles. The van der Waals surface area contributed by atoms with Crippen molar-refractivity contribution in [1.29, 1.82) is 0 Å². The van der Waals surface area contributed by atoms with Crippen molar-refractivity contribution in [1.82, 2.24) is 5.32 Å². The Bertz CT molecular complexity index is 535. The zero-order chi connectivity index (χ0) is 13.0. The van der Waals surface area contributed by atoms with Gasteiger partial charge in [-0.2, -0.15) is 0 Å². The van der Waals surface area contributed by atoms with Crippen LogP contribution in [0.25, 0.3) is 0 Å². The summed E-state index contributed by atoms with van der Waals surface area (Å²) in [5, 5.41) is 2.54. The third kappa shape index (κ3) is 2.85. The molecule has 0 saturated carbocycles. The van der Waals surface area contributed by atoms with Crippen LogP contribution in [0, 0.1) is 5.82 Å². The largest absolute Gasteiger partial charge is 0.457 e. The van der Waals surface area contributed by atoms with Crippen LogP contribution in [-0.4, -0.2) is 13.0 Å². The Morgan fingerprint density at radius 2 is 1.50 bits per heavy atom. The first-order valence-corrected chi connectivity index (χ1v) is 5.44. The molecular formula is C14H12FNO2. The second kappa shape index (κ2) is 5.31. The molecule has 0 aliphatic rings. The Kier molecular flexibility index (Phi) is 3.57. The van der Waals surface area contributed by atoms with Crippen LogP contribution in [0.5, 0.6) is 11.5 Å². The summed E-state index contributed by atoms with van der Waals surface area (Å²) in [5.41, 5.74) is 0.559. The Morgan fingerprint density at radius 3 is 2.00 bits per heavy atom. The monoisotopic (exact) mass is 245 g/mol. The maximum absolute atomic E-state index is 12.7. The predicted molar refractivity (Wildman–Crippen MR) is 66.3 cm³/mol. The third-order valence-electron chi connectivity index (χ3n) is 2.39. The van der Waals surface area contributed by atoms with Crippen LogP contribution in [0.15, 0.2) is 48.5 Å². The van der Waals surface area contributed by atoms with Gasteiger partial charge in [-0.25, -0.2) is 4.39 Å². The minimum absolute atomic E-state index is 0.150. The van der Waals surface area contributed by atoms with Crippen LogP contribution >= 0.6 is 0 Å². The maximum atomic E-state index is 12.7. The molecular weight excluding hydrogens is 233 g/mol. The van der Waals surface area contributed by atoms with Gasteiger partial charge < -0.3 is 10.1 Å². The van der Waals surface area contributed by atoms with E-state index in [1.54, 1.807) is 43.4 Å². The summed E-state index contributed by atoms with van der Waals surface area (Å²) in [6, 6.07) is 12.4. The topological polar surface area (TPSA) is 38.3 Å². The average Bonchev–Trinajstić information content (AvgIpc) is 2.41. The molecule has 0 bridgehead atoms. The minimum Gasteiger partial charge on any atom is -0.457 e. The molecule has 0 unspecified atom stereocenters. The quantitative estimate of drug-likeness (QED) is 0.902. The first-order valence-electron chi connectivity index (χ1n) is 5.44. The molecule has 3 nitrogen and oxygen atoms in total. The fraction of sp³-hybridized carbons (Fsp3) is 0.0714. The molecule has 0 aliphatic carbocycles. The number of amides is 1. The molecule has 2 aromatic rings. The molecule has 1 amide bonds. The SMILES string of the molecule is CNC(=O)c1ccc(Oc2ccc(F)cc2)cc1. The van der Waals surface area contributed by atoms with Crippen molar-refractivity contribution in [3.05, 3.63) is 59.9 Å². The molecule has 2 rings (SSSR count). The third-order valence-corrected chi connectivity index (χ3v) is 2.39. The van der Waals surface area contributed by atoms with Gasteiger partial charge in [0, 0.05) is 12.6 Å². The molecule has 0 aromatic heterocycles. The lowest BCUT2D eigenvalue weighted by Gasteiger charge is -2.06. The second-order valence-corrected chi connectivity index (χ2v) is 3.66. The molecule has 0 aliphatic heterocycles. The number of carbonyl (C=O) groups excluding carboxylic acids is 1. The zero-order valence-corrected chi connectivity index (χ0v) is 9.81. The van der Waals surface area contributed by atoms with E-state index in [2.05, 4.69) is 5.32 Å². The van der Waals surface area contributed by atoms with Crippen LogP contribution in [0.1, 0.15) is 10.4 Å². The van der Waals surface area contributed by atoms with Crippen molar-refractivity contribution in [2.24, 2.45) is 0 Å². The van der Waals surface area contributed by atoms with E-state index in [0.29, 0.717) is 17.1 Å². The molecule has 0 atom stereocenters. The summed E-state index contributed by atoms with van der Waals surface area (Å²) in [4.78, 5) is 11.3. The summed E-state index contributed by atoms with van der Waals surface area (Å²) < 4.78 is 18.2. The highest BCUT2D eigenvalue weighted by Crippen LogP contribution is 2.21. The van der Waals surface area contributed by atoms with Gasteiger partial charge in [0.2, 0.25) is 0 Å². The van der Waals surface area contributed by atoms with Crippen molar-refractivity contribution < 1.29 is 13.9 Å². The van der Waals surface area contributed by atoms with E-state index in [0.717, 1.165) is 0 Å². The van der Waals surface area contributed by atoms with Crippen LogP contribution in [-0.2, 0) is 0 Å². The van der Waals surface area contributed by atoms with E-state index in [4.69, 9.17) is 4.74 Å². The lowest BCUT2D eigenvalue weighted by atomic mass is 10.2. The lowest BCUT2D eigenvalue weighted by Crippen LogP contribution is -2.17. The van der Waals surface area contributed by atoms with Gasteiger partial charge >= 0.3 is 0 Å². The molecule has 18 heavy (non-hydrogen) atoms. The van der Waals surface area contributed by atoms with E-state index in [1.165, 1.54) is 12.1 Å². The van der Waals surface area contributed by atoms with E-state index >= 15 is 0 Å². The van der Waals surface area contributed by atoms with E-state index in [9.17, 15) is 9.18 Å². The molecule has 4 heteroatoms. The van der Waals surface area contributed by atoms with Gasteiger partial charge in [-0.05, 0) is 48.5 Å². The lowest BCUT2D eigenvalue weighted by molar-refractivity contribution is 0.0963. The zero-order valence-electron chi connectivity index (χ0n) is 9.81. The van der Waals surface area contributed by atoms with Gasteiger partial charge in [-0.15, -0.1) is 0 Å². The first kappa shape index (κ1) is 12.1. The summed E-state index contributed by atoms with van der Waals surface area (Å²) >= 11 is 0. The molecule has 0 heterocycles. The number of rotatable bonds is 3. The number of halogens is 1. The van der Waals surface area contributed by atoms with E-state index in [-0.39, 0.29) is 11.7 Å². The molecule has 0 spiro atoms. The van der Waals surface area contributed by atoms with Crippen molar-refractivity contribution in [2.75, 3.05) is 7.05 Å². The molecule has 0 radical (unpaired) electrons. The summed E-state index contributed by atoms with van der Waals surface area (Å²) in [5.74, 6) is 0.680. The first-order chi connectivity index (χ1) is 8.69. The highest BCUT2D eigenvalue weighted by atomic mass is 19.1. The number of carbonyl (C=O) groups is 1. The Hall–Kier alpha value is -2.36. The fourth-order valence-corrected chi connectivity index (χ4v) is 1.46. The van der Waals surface area contributed by atoms with Gasteiger partial charge in [-0.1, -0.05) is 0 Å². The van der Waals surface area contributed by atoms with Crippen molar-refractivity contribution in [3.63, 3.8) is 0 Å². The smallest absolute Gasteiger partial charge is 0.251 e. The highest BCUT2D eigenvalue weighted by molar-refractivity contribution is 5.94. The van der Waals surface area contributed by atoms with Gasteiger partial charge in [0.15, 0.2) is 0 Å². The van der Waals surface area contributed by atoms with Crippen LogP contribution in [0.3, 0.4) is 0 Å². The summed E-state index contributed by atoms with van der Waals surface area (Å²) in [7, 11) is 1.57. The van der Waals surface area contributed by atoms with Crippen LogP contribution in [0.2, 0.25) is 0 Å².